The molecule has 0 unspecified atom stereocenters. The van der Waals surface area contributed by atoms with E-state index in [1.54, 1.807) is 0 Å². The van der Waals surface area contributed by atoms with E-state index in [1.807, 2.05) is 97.9 Å². The molecular formula is C30H32N2O3. The maximum Gasteiger partial charge on any atom is 0.317 e. The lowest BCUT2D eigenvalue weighted by Gasteiger charge is -2.51. The molecule has 5 heteroatoms. The number of ether oxygens (including phenoxy) is 1. The van der Waals surface area contributed by atoms with E-state index in [0.717, 1.165) is 16.7 Å². The summed E-state index contributed by atoms with van der Waals surface area (Å²) in [6, 6.07) is 31.7. The van der Waals surface area contributed by atoms with Gasteiger partial charge in [-0.25, -0.2) is 0 Å². The second-order valence-corrected chi connectivity index (χ2v) is 9.40. The van der Waals surface area contributed by atoms with E-state index in [9.17, 15) is 15.3 Å². The average molecular weight is 469 g/mol. The van der Waals surface area contributed by atoms with Crippen LogP contribution in [0.15, 0.2) is 91.0 Å². The Morgan fingerprint density at radius 2 is 1.43 bits per heavy atom. The Balaban J connectivity index is 1.59. The second-order valence-electron chi connectivity index (χ2n) is 9.40. The number of hydrogen-bond acceptors (Lipinski definition) is 4. The summed E-state index contributed by atoms with van der Waals surface area (Å²) in [6.07, 6.45) is 1.25. The summed E-state index contributed by atoms with van der Waals surface area (Å²) in [5.74, 6) is -0.252. The van der Waals surface area contributed by atoms with Crippen LogP contribution in [0.3, 0.4) is 0 Å². The number of hydrogen-bond donors (Lipinski definition) is 0. The number of esters is 1. The third kappa shape index (κ3) is 4.86. The number of piperidine rings is 1. The van der Waals surface area contributed by atoms with E-state index in [1.165, 1.54) is 0 Å². The van der Waals surface area contributed by atoms with E-state index in [2.05, 4.69) is 6.07 Å². The van der Waals surface area contributed by atoms with Crippen molar-refractivity contribution in [1.82, 2.24) is 0 Å². The number of nitrogens with zero attached hydrogens (tertiary/aromatic N) is 2. The largest absolute Gasteiger partial charge is 0.633 e. The fourth-order valence-electron chi connectivity index (χ4n) is 5.34. The molecular weight excluding hydrogens is 436 g/mol. The van der Waals surface area contributed by atoms with Gasteiger partial charge >= 0.3 is 5.97 Å². The predicted octanol–water partition coefficient (Wildman–Crippen LogP) is 5.50. The van der Waals surface area contributed by atoms with Crippen LogP contribution in [0.5, 0.6) is 0 Å². The van der Waals surface area contributed by atoms with Gasteiger partial charge in [0.1, 0.15) is 10.8 Å². The Bertz CT molecular complexity index is 1110. The molecule has 1 saturated heterocycles. The van der Waals surface area contributed by atoms with Crippen LogP contribution < -0.4 is 0 Å². The van der Waals surface area contributed by atoms with Crippen molar-refractivity contribution in [3.05, 3.63) is 113 Å². The number of likely N-dealkylation sites (tertiary alicyclic amines) is 1. The Kier molecular flexibility index (Phi) is 7.35. The summed E-state index contributed by atoms with van der Waals surface area (Å²) in [6.45, 7) is 3.02. The van der Waals surface area contributed by atoms with E-state index in [0.29, 0.717) is 45.5 Å². The molecule has 180 valence electrons. The van der Waals surface area contributed by atoms with Gasteiger partial charge in [-0.3, -0.25) is 4.79 Å². The second kappa shape index (κ2) is 10.4. The van der Waals surface area contributed by atoms with E-state index in [-0.39, 0.29) is 5.97 Å². The summed E-state index contributed by atoms with van der Waals surface area (Å²) < 4.78 is 5.04. The lowest BCUT2D eigenvalue weighted by Crippen LogP contribution is -2.56. The molecule has 0 N–H and O–H groups in total. The summed E-state index contributed by atoms with van der Waals surface area (Å²) in [4.78, 5) is 13.1. The summed E-state index contributed by atoms with van der Waals surface area (Å²) in [5.41, 5.74) is 0.983. The first kappa shape index (κ1) is 24.7. The van der Waals surface area contributed by atoms with Gasteiger partial charge in [0, 0.05) is 19.3 Å². The molecule has 0 spiro atoms. The summed E-state index contributed by atoms with van der Waals surface area (Å²) in [7, 11) is 0. The highest BCUT2D eigenvalue weighted by Crippen LogP contribution is 2.41. The molecule has 0 atom stereocenters. The molecule has 5 nitrogen and oxygen atoms in total. The minimum Gasteiger partial charge on any atom is -0.633 e. The molecule has 1 aliphatic rings. The topological polar surface area (TPSA) is 73.2 Å². The highest BCUT2D eigenvalue weighted by molar-refractivity contribution is 5.83. The number of quaternary nitrogens is 1. The molecule has 3 aromatic carbocycles. The molecule has 1 heterocycles. The number of benzene rings is 3. The van der Waals surface area contributed by atoms with Crippen molar-refractivity contribution in [1.29, 1.82) is 5.26 Å². The maximum absolute atomic E-state index is 13.9. The Morgan fingerprint density at radius 1 is 0.943 bits per heavy atom. The highest BCUT2D eigenvalue weighted by atomic mass is 16.5. The fraction of sp³-hybridized carbons (Fsp3) is 0.333. The molecule has 1 aliphatic heterocycles. The van der Waals surface area contributed by atoms with Gasteiger partial charge in [-0.15, -0.1) is 0 Å². The Morgan fingerprint density at radius 3 is 1.89 bits per heavy atom. The maximum atomic E-state index is 13.9. The number of carbonyl (C=O) groups is 1. The molecule has 0 bridgehead atoms. The van der Waals surface area contributed by atoms with Crippen molar-refractivity contribution in [3.63, 3.8) is 0 Å². The van der Waals surface area contributed by atoms with Crippen LogP contribution in [0, 0.1) is 16.5 Å². The van der Waals surface area contributed by atoms with Gasteiger partial charge in [0.15, 0.2) is 0 Å². The zero-order valence-electron chi connectivity index (χ0n) is 20.2. The summed E-state index contributed by atoms with van der Waals surface area (Å²) >= 11 is 0. The van der Waals surface area contributed by atoms with Gasteiger partial charge in [-0.2, -0.15) is 5.26 Å². The van der Waals surface area contributed by atoms with Gasteiger partial charge in [-0.1, -0.05) is 91.0 Å². The number of rotatable bonds is 8. The molecule has 4 rings (SSSR count). The van der Waals surface area contributed by atoms with Crippen LogP contribution in [0.2, 0.25) is 0 Å². The smallest absolute Gasteiger partial charge is 0.317 e. The van der Waals surface area contributed by atoms with Gasteiger partial charge in [0.05, 0.1) is 32.3 Å². The third-order valence-electron chi connectivity index (χ3n) is 7.50. The van der Waals surface area contributed by atoms with Crippen LogP contribution in [-0.2, 0) is 20.4 Å². The van der Waals surface area contributed by atoms with Crippen molar-refractivity contribution in [2.75, 3.05) is 26.2 Å². The lowest BCUT2D eigenvalue weighted by molar-refractivity contribution is -0.887. The molecule has 0 aliphatic carbocycles. The number of hydroxylamine groups is 3. The van der Waals surface area contributed by atoms with E-state index < -0.39 is 15.5 Å². The SMILES string of the molecule is CCOC(=O)C1(c2ccccc2)CC[N+]([O-])(CCC(C#N)(c2ccccc2)c2ccccc2)CC1. The molecule has 0 aromatic heterocycles. The van der Waals surface area contributed by atoms with Crippen molar-refractivity contribution < 1.29 is 14.2 Å². The zero-order chi connectivity index (χ0) is 24.8. The van der Waals surface area contributed by atoms with Gasteiger partial charge in [0.2, 0.25) is 0 Å². The molecule has 0 amide bonds. The Labute approximate surface area is 207 Å². The van der Waals surface area contributed by atoms with Gasteiger partial charge in [-0.05, 0) is 23.6 Å². The molecule has 1 fully saturated rings. The lowest BCUT2D eigenvalue weighted by atomic mass is 9.71. The molecule has 35 heavy (non-hydrogen) atoms. The highest BCUT2D eigenvalue weighted by Gasteiger charge is 2.48. The van der Waals surface area contributed by atoms with Crippen LogP contribution in [0.1, 0.15) is 42.9 Å². The zero-order valence-corrected chi connectivity index (χ0v) is 20.2. The first-order valence-corrected chi connectivity index (χ1v) is 12.3. The third-order valence-corrected chi connectivity index (χ3v) is 7.50. The Hall–Kier alpha value is -3.46. The van der Waals surface area contributed by atoms with E-state index in [4.69, 9.17) is 4.74 Å². The number of carbonyl (C=O) groups excluding carboxylic acids is 1. The normalized spacial score (nSPS) is 22.2. The van der Waals surface area contributed by atoms with Crippen LogP contribution in [-0.4, -0.2) is 36.9 Å². The quantitative estimate of drug-likeness (QED) is 0.249. The monoisotopic (exact) mass is 468 g/mol. The van der Waals surface area contributed by atoms with Crippen molar-refractivity contribution in [2.45, 2.75) is 37.0 Å². The van der Waals surface area contributed by atoms with Crippen molar-refractivity contribution >= 4 is 5.97 Å². The first-order valence-electron chi connectivity index (χ1n) is 12.3. The van der Waals surface area contributed by atoms with E-state index >= 15 is 0 Å². The minimum atomic E-state index is -0.909. The number of nitriles is 1. The first-order chi connectivity index (χ1) is 17.0. The predicted molar refractivity (Wildman–Crippen MR) is 136 cm³/mol. The van der Waals surface area contributed by atoms with Crippen LogP contribution in [0.25, 0.3) is 0 Å². The van der Waals surface area contributed by atoms with Crippen LogP contribution in [0.4, 0.5) is 0 Å². The summed E-state index contributed by atoms with van der Waals surface area (Å²) in [5, 5.41) is 24.4. The standard InChI is InChI=1S/C30H32N2O3/c1-2-35-28(33)29(25-12-6-3-7-13-25)18-21-32(34,22-19-29)23-20-30(24-31,26-14-8-4-9-15-26)27-16-10-5-11-17-27/h3-17H,2,18-23H2,1H3. The van der Waals surface area contributed by atoms with Crippen molar-refractivity contribution in [2.24, 2.45) is 0 Å². The minimum absolute atomic E-state index is 0.252. The van der Waals surface area contributed by atoms with Crippen LogP contribution >= 0.6 is 0 Å². The van der Waals surface area contributed by atoms with Gasteiger partial charge in [0.25, 0.3) is 0 Å². The molecule has 0 saturated carbocycles. The molecule has 3 aromatic rings. The fourth-order valence-corrected chi connectivity index (χ4v) is 5.34. The van der Waals surface area contributed by atoms with Crippen molar-refractivity contribution in [3.8, 4) is 6.07 Å². The molecule has 0 radical (unpaired) electrons. The average Bonchev–Trinajstić information content (AvgIpc) is 2.92. The van der Waals surface area contributed by atoms with Gasteiger partial charge < -0.3 is 14.6 Å².